The third-order valence-electron chi connectivity index (χ3n) is 5.33. The average molecular weight is 498 g/mol. The third kappa shape index (κ3) is 7.07. The van der Waals surface area contributed by atoms with Gasteiger partial charge in [-0.2, -0.15) is 0 Å². The summed E-state index contributed by atoms with van der Waals surface area (Å²) in [5, 5.41) is 12.0. The number of nitro benzene ring substituents is 1. The van der Waals surface area contributed by atoms with E-state index in [0.717, 1.165) is 16.8 Å². The van der Waals surface area contributed by atoms with Crippen LogP contribution in [0.3, 0.4) is 0 Å². The first kappa shape index (κ1) is 25.3. The van der Waals surface area contributed by atoms with Gasteiger partial charge in [0.05, 0.1) is 4.92 Å². The highest BCUT2D eigenvalue weighted by molar-refractivity contribution is 6.35. The van der Waals surface area contributed by atoms with Crippen molar-refractivity contribution in [2.45, 2.75) is 13.0 Å². The second-order valence-electron chi connectivity index (χ2n) is 7.99. The van der Waals surface area contributed by atoms with Gasteiger partial charge in [0.25, 0.3) is 5.69 Å². The molecule has 6 nitrogen and oxygen atoms in total. The van der Waals surface area contributed by atoms with Gasteiger partial charge in [-0.05, 0) is 65.6 Å². The van der Waals surface area contributed by atoms with Crippen LogP contribution in [0.25, 0.3) is 6.08 Å². The molecule has 0 aliphatic rings. The van der Waals surface area contributed by atoms with Crippen molar-refractivity contribution in [3.8, 4) is 0 Å². The lowest BCUT2D eigenvalue weighted by Crippen LogP contribution is -2.31. The summed E-state index contributed by atoms with van der Waals surface area (Å²) in [5.41, 5.74) is 3.70. The molecule has 0 aliphatic carbocycles. The summed E-state index contributed by atoms with van der Waals surface area (Å²) in [5.74, 6) is -0.167. The minimum Gasteiger partial charge on any atom is -0.378 e. The molecule has 0 saturated carbocycles. The van der Waals surface area contributed by atoms with Crippen LogP contribution in [0.2, 0.25) is 10.0 Å². The van der Waals surface area contributed by atoms with Crippen molar-refractivity contribution in [3.05, 3.63) is 110 Å². The van der Waals surface area contributed by atoms with E-state index < -0.39 is 4.92 Å². The minimum absolute atomic E-state index is 0.00566. The topological polar surface area (TPSA) is 66.7 Å². The van der Waals surface area contributed by atoms with Crippen LogP contribution in [0.15, 0.2) is 72.8 Å². The third-order valence-corrected chi connectivity index (χ3v) is 5.91. The largest absolute Gasteiger partial charge is 0.378 e. The molecule has 0 fully saturated rings. The van der Waals surface area contributed by atoms with E-state index in [1.807, 2.05) is 49.3 Å². The van der Waals surface area contributed by atoms with Crippen molar-refractivity contribution >= 4 is 46.6 Å². The fourth-order valence-corrected chi connectivity index (χ4v) is 3.85. The Hall–Kier alpha value is -3.35. The maximum absolute atomic E-state index is 13.1. The predicted molar refractivity (Wildman–Crippen MR) is 138 cm³/mol. The molecule has 0 bridgehead atoms. The van der Waals surface area contributed by atoms with Crippen molar-refractivity contribution in [1.82, 2.24) is 4.90 Å². The van der Waals surface area contributed by atoms with Crippen molar-refractivity contribution in [1.29, 1.82) is 0 Å². The number of carbonyl (C=O) groups excluding carboxylic acids is 1. The fraction of sp³-hybridized carbons (Fsp3) is 0.192. The Kier molecular flexibility index (Phi) is 8.68. The number of nitro groups is 1. The molecule has 0 heterocycles. The summed E-state index contributed by atoms with van der Waals surface area (Å²) >= 11 is 12.3. The van der Waals surface area contributed by atoms with Crippen LogP contribution in [0.5, 0.6) is 0 Å². The summed E-state index contributed by atoms with van der Waals surface area (Å²) in [7, 11) is 3.95. The Morgan fingerprint density at radius 2 is 1.68 bits per heavy atom. The normalized spacial score (nSPS) is 10.9. The summed E-state index contributed by atoms with van der Waals surface area (Å²) in [6.07, 6.45) is 3.71. The molecule has 0 atom stereocenters. The number of rotatable bonds is 9. The molecule has 34 heavy (non-hydrogen) atoms. The van der Waals surface area contributed by atoms with Crippen LogP contribution in [0.1, 0.15) is 16.7 Å². The molecule has 0 spiro atoms. The second-order valence-corrected chi connectivity index (χ2v) is 8.83. The van der Waals surface area contributed by atoms with E-state index in [9.17, 15) is 14.9 Å². The number of anilines is 1. The zero-order valence-electron chi connectivity index (χ0n) is 18.9. The highest BCUT2D eigenvalue weighted by Crippen LogP contribution is 2.22. The summed E-state index contributed by atoms with van der Waals surface area (Å²) in [6, 6.07) is 19.4. The molecular weight excluding hydrogens is 473 g/mol. The highest BCUT2D eigenvalue weighted by atomic mass is 35.5. The molecule has 0 aromatic heterocycles. The van der Waals surface area contributed by atoms with Crippen LogP contribution in [-0.2, 0) is 17.8 Å². The van der Waals surface area contributed by atoms with E-state index in [-0.39, 0.29) is 11.6 Å². The SMILES string of the molecule is CN(C)c1ccc(CN(CCc2ccc(Cl)cc2Cl)C(=O)/C=C/c2ccc([N+](=O)[O-])cc2)cc1. The van der Waals surface area contributed by atoms with Crippen molar-refractivity contribution in [3.63, 3.8) is 0 Å². The molecular formula is C26H25Cl2N3O3. The van der Waals surface area contributed by atoms with Crippen molar-refractivity contribution in [2.24, 2.45) is 0 Å². The van der Waals surface area contributed by atoms with Crippen LogP contribution in [0, 0.1) is 10.1 Å². The predicted octanol–water partition coefficient (Wildman–Crippen LogP) is 6.25. The zero-order valence-corrected chi connectivity index (χ0v) is 20.5. The molecule has 0 aliphatic heterocycles. The molecule has 3 aromatic rings. The van der Waals surface area contributed by atoms with E-state index in [0.29, 0.717) is 35.1 Å². The van der Waals surface area contributed by atoms with Gasteiger partial charge >= 0.3 is 0 Å². The first-order valence-corrected chi connectivity index (χ1v) is 11.4. The van der Waals surface area contributed by atoms with Gasteiger partial charge in [-0.1, -0.05) is 41.4 Å². The lowest BCUT2D eigenvalue weighted by Gasteiger charge is -2.22. The summed E-state index contributed by atoms with van der Waals surface area (Å²) in [6.45, 7) is 0.891. The van der Waals surface area contributed by atoms with E-state index in [2.05, 4.69) is 0 Å². The number of hydrogen-bond acceptors (Lipinski definition) is 4. The lowest BCUT2D eigenvalue weighted by atomic mass is 10.1. The number of benzene rings is 3. The quantitative estimate of drug-likeness (QED) is 0.199. The van der Waals surface area contributed by atoms with Gasteiger partial charge in [0.15, 0.2) is 0 Å². The van der Waals surface area contributed by atoms with E-state index in [1.54, 1.807) is 35.2 Å². The van der Waals surface area contributed by atoms with E-state index in [4.69, 9.17) is 23.2 Å². The van der Waals surface area contributed by atoms with Crippen LogP contribution >= 0.6 is 23.2 Å². The van der Waals surface area contributed by atoms with Gasteiger partial charge < -0.3 is 9.80 Å². The molecule has 0 radical (unpaired) electrons. The zero-order chi connectivity index (χ0) is 24.7. The van der Waals surface area contributed by atoms with Gasteiger partial charge in [0.1, 0.15) is 0 Å². The molecule has 8 heteroatoms. The number of hydrogen-bond donors (Lipinski definition) is 0. The molecule has 1 amide bonds. The number of halogens is 2. The Morgan fingerprint density at radius 1 is 1.00 bits per heavy atom. The van der Waals surface area contributed by atoms with Crippen LogP contribution in [0.4, 0.5) is 11.4 Å². The molecule has 0 saturated heterocycles. The molecule has 0 unspecified atom stereocenters. The smallest absolute Gasteiger partial charge is 0.269 e. The summed E-state index contributed by atoms with van der Waals surface area (Å²) < 4.78 is 0. The highest BCUT2D eigenvalue weighted by Gasteiger charge is 2.13. The molecule has 3 aromatic carbocycles. The van der Waals surface area contributed by atoms with E-state index in [1.165, 1.54) is 18.2 Å². The first-order valence-electron chi connectivity index (χ1n) is 10.6. The molecule has 3 rings (SSSR count). The Balaban J connectivity index is 1.77. The fourth-order valence-electron chi connectivity index (χ4n) is 3.35. The van der Waals surface area contributed by atoms with Gasteiger partial charge in [0, 0.05) is 61.1 Å². The second kappa shape index (κ2) is 11.7. The van der Waals surface area contributed by atoms with Gasteiger partial charge in [-0.3, -0.25) is 14.9 Å². The Bertz CT molecular complexity index is 1180. The van der Waals surface area contributed by atoms with E-state index >= 15 is 0 Å². The van der Waals surface area contributed by atoms with Crippen molar-refractivity contribution in [2.75, 3.05) is 25.5 Å². The summed E-state index contributed by atoms with van der Waals surface area (Å²) in [4.78, 5) is 27.2. The molecule has 0 N–H and O–H groups in total. The minimum atomic E-state index is -0.455. The van der Waals surface area contributed by atoms with Gasteiger partial charge in [-0.25, -0.2) is 0 Å². The first-order chi connectivity index (χ1) is 16.2. The monoisotopic (exact) mass is 497 g/mol. The number of nitrogens with zero attached hydrogens (tertiary/aromatic N) is 3. The maximum atomic E-state index is 13.1. The van der Waals surface area contributed by atoms with Crippen molar-refractivity contribution < 1.29 is 9.72 Å². The number of amides is 1. The van der Waals surface area contributed by atoms with Crippen LogP contribution < -0.4 is 4.90 Å². The average Bonchev–Trinajstić information content (AvgIpc) is 2.81. The Labute approximate surface area is 209 Å². The lowest BCUT2D eigenvalue weighted by molar-refractivity contribution is -0.384. The van der Waals surface area contributed by atoms with Gasteiger partial charge in [0.2, 0.25) is 5.91 Å². The standard InChI is InChI=1S/C26H25Cl2N3O3/c1-29(2)23-10-5-20(6-11-23)18-30(16-15-21-8-9-22(27)17-25(21)28)26(32)14-7-19-3-12-24(13-4-19)31(33)34/h3-14,17H,15-16,18H2,1-2H3/b14-7+. The number of non-ortho nitro benzene ring substituents is 1. The maximum Gasteiger partial charge on any atom is 0.269 e. The van der Waals surface area contributed by atoms with Gasteiger partial charge in [-0.15, -0.1) is 0 Å². The Morgan fingerprint density at radius 3 is 2.26 bits per heavy atom. The van der Waals surface area contributed by atoms with Crippen LogP contribution in [-0.4, -0.2) is 36.4 Å². The molecule has 176 valence electrons. The number of carbonyl (C=O) groups is 1.